The number of aromatic nitrogens is 2. The van der Waals surface area contributed by atoms with Gasteiger partial charge in [-0.1, -0.05) is 42.5 Å². The Morgan fingerprint density at radius 1 is 1.00 bits per heavy atom. The first kappa shape index (κ1) is 19.4. The van der Waals surface area contributed by atoms with Crippen LogP contribution in [0.15, 0.2) is 67.0 Å². The van der Waals surface area contributed by atoms with Crippen molar-refractivity contribution in [3.63, 3.8) is 0 Å². The Kier molecular flexibility index (Phi) is 6.95. The SMILES string of the molecule is CCOc1ccccc1Nc1ncc(C(=O)NCCCc2ccccc2)cn1. The third-order valence-corrected chi connectivity index (χ3v) is 4.12. The van der Waals surface area contributed by atoms with Crippen molar-refractivity contribution in [2.45, 2.75) is 19.8 Å². The van der Waals surface area contributed by atoms with Gasteiger partial charge in [0.1, 0.15) is 5.75 Å². The first-order chi connectivity index (χ1) is 13.8. The number of nitrogens with one attached hydrogen (secondary N) is 2. The molecule has 1 aromatic heterocycles. The van der Waals surface area contributed by atoms with E-state index in [9.17, 15) is 4.79 Å². The molecule has 0 fully saturated rings. The van der Waals surface area contributed by atoms with Crippen molar-refractivity contribution in [3.05, 3.63) is 78.1 Å². The number of anilines is 2. The fraction of sp³-hybridized carbons (Fsp3) is 0.227. The van der Waals surface area contributed by atoms with Gasteiger partial charge in [-0.2, -0.15) is 0 Å². The molecule has 0 aliphatic rings. The molecule has 2 N–H and O–H groups in total. The van der Waals surface area contributed by atoms with Crippen LogP contribution in [0.25, 0.3) is 0 Å². The Balaban J connectivity index is 1.50. The topological polar surface area (TPSA) is 76.1 Å². The van der Waals surface area contributed by atoms with Crippen molar-refractivity contribution in [1.82, 2.24) is 15.3 Å². The van der Waals surface area contributed by atoms with Gasteiger partial charge in [-0.05, 0) is 37.5 Å². The molecule has 0 bridgehead atoms. The lowest BCUT2D eigenvalue weighted by molar-refractivity contribution is 0.0952. The van der Waals surface area contributed by atoms with Crippen LogP contribution in [0.5, 0.6) is 5.75 Å². The average molecular weight is 376 g/mol. The number of rotatable bonds is 9. The van der Waals surface area contributed by atoms with E-state index < -0.39 is 0 Å². The van der Waals surface area contributed by atoms with Crippen molar-refractivity contribution in [1.29, 1.82) is 0 Å². The zero-order chi connectivity index (χ0) is 19.6. The van der Waals surface area contributed by atoms with Gasteiger partial charge in [0.2, 0.25) is 5.95 Å². The number of para-hydroxylation sites is 2. The second-order valence-electron chi connectivity index (χ2n) is 6.19. The third kappa shape index (κ3) is 5.54. The van der Waals surface area contributed by atoms with Gasteiger partial charge in [0.15, 0.2) is 0 Å². The molecule has 2 aromatic carbocycles. The molecule has 144 valence electrons. The predicted molar refractivity (Wildman–Crippen MR) is 110 cm³/mol. The van der Waals surface area contributed by atoms with Crippen LogP contribution in [0.2, 0.25) is 0 Å². The fourth-order valence-corrected chi connectivity index (χ4v) is 2.72. The smallest absolute Gasteiger partial charge is 0.254 e. The molecule has 0 unspecified atom stereocenters. The van der Waals surface area contributed by atoms with Gasteiger partial charge in [-0.15, -0.1) is 0 Å². The van der Waals surface area contributed by atoms with E-state index in [-0.39, 0.29) is 5.91 Å². The summed E-state index contributed by atoms with van der Waals surface area (Å²) in [6.07, 6.45) is 4.85. The van der Waals surface area contributed by atoms with Gasteiger partial charge >= 0.3 is 0 Å². The van der Waals surface area contributed by atoms with Crippen LogP contribution in [-0.4, -0.2) is 29.0 Å². The Bertz CT molecular complexity index is 883. The van der Waals surface area contributed by atoms with E-state index in [0.717, 1.165) is 24.3 Å². The van der Waals surface area contributed by atoms with Crippen LogP contribution >= 0.6 is 0 Å². The Morgan fingerprint density at radius 3 is 2.46 bits per heavy atom. The van der Waals surface area contributed by atoms with Gasteiger partial charge in [0.05, 0.1) is 17.9 Å². The Hall–Kier alpha value is -3.41. The molecule has 0 aliphatic heterocycles. The van der Waals surface area contributed by atoms with Gasteiger partial charge in [0.25, 0.3) is 5.91 Å². The average Bonchev–Trinajstić information content (AvgIpc) is 2.74. The summed E-state index contributed by atoms with van der Waals surface area (Å²) in [4.78, 5) is 20.7. The quantitative estimate of drug-likeness (QED) is 0.553. The van der Waals surface area contributed by atoms with Crippen LogP contribution in [0.4, 0.5) is 11.6 Å². The van der Waals surface area contributed by atoms with Crippen LogP contribution in [0.3, 0.4) is 0 Å². The largest absolute Gasteiger partial charge is 0.492 e. The second kappa shape index (κ2) is 10.1. The summed E-state index contributed by atoms with van der Waals surface area (Å²) in [5.41, 5.74) is 2.48. The third-order valence-electron chi connectivity index (χ3n) is 4.12. The molecule has 0 spiro atoms. The maximum Gasteiger partial charge on any atom is 0.254 e. The van der Waals surface area contributed by atoms with Crippen LogP contribution in [0.1, 0.15) is 29.3 Å². The molecule has 0 aliphatic carbocycles. The molecule has 0 saturated carbocycles. The van der Waals surface area contributed by atoms with E-state index in [0.29, 0.717) is 24.7 Å². The summed E-state index contributed by atoms with van der Waals surface area (Å²) in [5, 5.41) is 6.02. The molecule has 0 atom stereocenters. The minimum atomic E-state index is -0.172. The second-order valence-corrected chi connectivity index (χ2v) is 6.19. The molecule has 3 aromatic rings. The molecule has 1 amide bonds. The lowest BCUT2D eigenvalue weighted by atomic mass is 10.1. The molecule has 0 saturated heterocycles. The van der Waals surface area contributed by atoms with Gasteiger partial charge < -0.3 is 15.4 Å². The number of benzene rings is 2. The highest BCUT2D eigenvalue weighted by atomic mass is 16.5. The van der Waals surface area contributed by atoms with E-state index in [1.807, 2.05) is 49.4 Å². The standard InChI is InChI=1S/C22H24N4O2/c1-2-28-20-13-7-6-12-19(20)26-22-24-15-18(16-25-22)21(27)23-14-8-11-17-9-4-3-5-10-17/h3-7,9-10,12-13,15-16H,2,8,11,14H2,1H3,(H,23,27)(H,24,25,26). The van der Waals surface area contributed by atoms with Crippen molar-refractivity contribution in [2.24, 2.45) is 0 Å². The first-order valence-electron chi connectivity index (χ1n) is 9.39. The zero-order valence-electron chi connectivity index (χ0n) is 15.9. The predicted octanol–water partition coefficient (Wildman–Crippen LogP) is 3.98. The number of aryl methyl sites for hydroxylation is 1. The summed E-state index contributed by atoms with van der Waals surface area (Å²) in [7, 11) is 0. The monoisotopic (exact) mass is 376 g/mol. The summed E-state index contributed by atoms with van der Waals surface area (Å²) >= 11 is 0. The minimum absolute atomic E-state index is 0.172. The molecule has 28 heavy (non-hydrogen) atoms. The fourth-order valence-electron chi connectivity index (χ4n) is 2.72. The minimum Gasteiger partial charge on any atom is -0.492 e. The lowest BCUT2D eigenvalue weighted by Crippen LogP contribution is -2.25. The molecule has 3 rings (SSSR count). The van der Waals surface area contributed by atoms with Gasteiger partial charge in [-0.3, -0.25) is 4.79 Å². The van der Waals surface area contributed by atoms with E-state index >= 15 is 0 Å². The van der Waals surface area contributed by atoms with E-state index in [4.69, 9.17) is 4.74 Å². The van der Waals surface area contributed by atoms with E-state index in [1.54, 1.807) is 0 Å². The maximum atomic E-state index is 12.2. The number of carbonyl (C=O) groups excluding carboxylic acids is 1. The van der Waals surface area contributed by atoms with Gasteiger partial charge in [0, 0.05) is 18.9 Å². The van der Waals surface area contributed by atoms with Crippen molar-refractivity contribution < 1.29 is 9.53 Å². The molecular formula is C22H24N4O2. The summed E-state index contributed by atoms with van der Waals surface area (Å²) in [6, 6.07) is 17.8. The van der Waals surface area contributed by atoms with Crippen LogP contribution in [-0.2, 0) is 6.42 Å². The van der Waals surface area contributed by atoms with E-state index in [1.165, 1.54) is 18.0 Å². The molecular weight excluding hydrogens is 352 g/mol. The Morgan fingerprint density at radius 2 is 1.71 bits per heavy atom. The Labute approximate surface area is 165 Å². The summed E-state index contributed by atoms with van der Waals surface area (Å²) < 4.78 is 5.58. The molecule has 0 radical (unpaired) electrons. The molecule has 1 heterocycles. The number of ether oxygens (including phenoxy) is 1. The normalized spacial score (nSPS) is 10.3. The van der Waals surface area contributed by atoms with Gasteiger partial charge in [-0.25, -0.2) is 9.97 Å². The number of hydrogen-bond donors (Lipinski definition) is 2. The first-order valence-corrected chi connectivity index (χ1v) is 9.39. The van der Waals surface area contributed by atoms with Crippen LogP contribution < -0.4 is 15.4 Å². The van der Waals surface area contributed by atoms with Crippen LogP contribution in [0, 0.1) is 0 Å². The van der Waals surface area contributed by atoms with Crippen molar-refractivity contribution in [2.75, 3.05) is 18.5 Å². The zero-order valence-corrected chi connectivity index (χ0v) is 15.9. The number of carbonyl (C=O) groups is 1. The number of hydrogen-bond acceptors (Lipinski definition) is 5. The summed E-state index contributed by atoms with van der Waals surface area (Å²) in [6.45, 7) is 3.11. The summed E-state index contributed by atoms with van der Waals surface area (Å²) in [5.74, 6) is 0.968. The highest BCUT2D eigenvalue weighted by Crippen LogP contribution is 2.25. The number of nitrogens with zero attached hydrogens (tertiary/aromatic N) is 2. The van der Waals surface area contributed by atoms with Crippen molar-refractivity contribution >= 4 is 17.5 Å². The highest BCUT2D eigenvalue weighted by molar-refractivity contribution is 5.93. The highest BCUT2D eigenvalue weighted by Gasteiger charge is 2.08. The number of amides is 1. The van der Waals surface area contributed by atoms with E-state index in [2.05, 4.69) is 32.7 Å². The van der Waals surface area contributed by atoms with Crippen molar-refractivity contribution in [3.8, 4) is 5.75 Å². The molecule has 6 heteroatoms. The lowest BCUT2D eigenvalue weighted by Gasteiger charge is -2.11. The molecule has 6 nitrogen and oxygen atoms in total. The maximum absolute atomic E-state index is 12.2.